The lowest BCUT2D eigenvalue weighted by Gasteiger charge is -2.37. The number of anilines is 2. The molecule has 2 saturated heterocycles. The van der Waals surface area contributed by atoms with Crippen LogP contribution in [0.25, 0.3) is 5.69 Å². The Morgan fingerprint density at radius 1 is 1.05 bits per heavy atom. The van der Waals surface area contributed by atoms with Crippen molar-refractivity contribution >= 4 is 21.9 Å². The van der Waals surface area contributed by atoms with E-state index in [0.717, 1.165) is 12.4 Å². The number of ether oxygens (including phenoxy) is 5. The third-order valence-corrected chi connectivity index (χ3v) is 8.24. The molecule has 0 bridgehead atoms. The minimum Gasteiger partial charge on any atom is -0.479 e. The van der Waals surface area contributed by atoms with Gasteiger partial charge >= 0.3 is 0 Å². The van der Waals surface area contributed by atoms with E-state index in [1.165, 1.54) is 25.1 Å². The minimum atomic E-state index is -4.16. The van der Waals surface area contributed by atoms with E-state index in [4.69, 9.17) is 23.7 Å². The number of methoxy groups -OCH3 is 2. The number of nitrogens with one attached hydrogen (secondary N) is 1. The van der Waals surface area contributed by atoms with Gasteiger partial charge in [0.1, 0.15) is 17.7 Å². The van der Waals surface area contributed by atoms with Crippen molar-refractivity contribution in [3.05, 3.63) is 30.4 Å². The van der Waals surface area contributed by atoms with Crippen molar-refractivity contribution in [3.63, 3.8) is 0 Å². The van der Waals surface area contributed by atoms with Crippen LogP contribution in [0.5, 0.6) is 11.8 Å². The van der Waals surface area contributed by atoms with Crippen molar-refractivity contribution in [2.24, 2.45) is 0 Å². The summed E-state index contributed by atoms with van der Waals surface area (Å²) in [6.45, 7) is 4.93. The van der Waals surface area contributed by atoms with E-state index in [9.17, 15) is 12.8 Å². The van der Waals surface area contributed by atoms with Crippen LogP contribution >= 0.6 is 0 Å². The molecular formula is C24H32FN9O7S. The number of hydrogen-bond acceptors (Lipinski definition) is 14. The van der Waals surface area contributed by atoms with Crippen molar-refractivity contribution in [1.82, 2.24) is 34.7 Å². The predicted octanol–water partition coefficient (Wildman–Crippen LogP) is 0.906. The van der Waals surface area contributed by atoms with E-state index in [2.05, 4.69) is 34.9 Å². The maximum absolute atomic E-state index is 14.0. The lowest BCUT2D eigenvalue weighted by atomic mass is 10.1. The molecule has 0 aliphatic carbocycles. The molecule has 3 aromatic heterocycles. The van der Waals surface area contributed by atoms with Gasteiger partial charge in [-0.25, -0.2) is 22.8 Å². The van der Waals surface area contributed by atoms with Gasteiger partial charge in [-0.1, -0.05) is 0 Å². The molecule has 18 heteroatoms. The van der Waals surface area contributed by atoms with Crippen LogP contribution in [0.2, 0.25) is 0 Å². The summed E-state index contributed by atoms with van der Waals surface area (Å²) in [7, 11) is -1.35. The second kappa shape index (κ2) is 12.6. The molecule has 0 radical (unpaired) electrons. The predicted molar refractivity (Wildman–Crippen MR) is 145 cm³/mol. The second-order valence-corrected chi connectivity index (χ2v) is 11.8. The van der Waals surface area contributed by atoms with Crippen molar-refractivity contribution in [2.45, 2.75) is 43.8 Å². The number of nitrogens with zero attached hydrogens (tertiary/aromatic N) is 8. The van der Waals surface area contributed by atoms with Crippen LogP contribution in [0.15, 0.2) is 18.7 Å². The Labute approximate surface area is 241 Å². The smallest absolute Gasteiger partial charge is 0.245 e. The van der Waals surface area contributed by atoms with Crippen LogP contribution in [-0.4, -0.2) is 108 Å². The van der Waals surface area contributed by atoms with Crippen LogP contribution < -0.4 is 19.1 Å². The van der Waals surface area contributed by atoms with Crippen LogP contribution in [0.4, 0.5) is 16.3 Å². The zero-order valence-corrected chi connectivity index (χ0v) is 24.3. The van der Waals surface area contributed by atoms with Crippen LogP contribution in [-0.2, 0) is 24.2 Å². The van der Waals surface area contributed by atoms with Gasteiger partial charge in [0.2, 0.25) is 33.7 Å². The number of aromatic nitrogens is 7. The van der Waals surface area contributed by atoms with Gasteiger partial charge in [0, 0.05) is 13.1 Å². The molecule has 5 heterocycles. The molecule has 228 valence electrons. The molecule has 2 aliphatic rings. The first-order chi connectivity index (χ1) is 20.2. The summed E-state index contributed by atoms with van der Waals surface area (Å²) in [6, 6.07) is 0. The minimum absolute atomic E-state index is 0.0145. The van der Waals surface area contributed by atoms with Gasteiger partial charge in [-0.2, -0.15) is 9.97 Å². The number of piperidine rings is 1. The first-order valence-electron chi connectivity index (χ1n) is 13.2. The Bertz CT molecular complexity index is 1450. The second-order valence-electron chi connectivity index (χ2n) is 9.81. The third kappa shape index (κ3) is 6.35. The zero-order chi connectivity index (χ0) is 29.9. The van der Waals surface area contributed by atoms with Gasteiger partial charge in [-0.3, -0.25) is 9.29 Å². The molecule has 16 nitrogen and oxygen atoms in total. The third-order valence-electron chi connectivity index (χ3n) is 6.56. The first-order valence-corrected chi connectivity index (χ1v) is 14.7. The van der Waals surface area contributed by atoms with Crippen molar-refractivity contribution < 1.29 is 36.5 Å². The summed E-state index contributed by atoms with van der Waals surface area (Å²) in [5, 5.41) is 7.41. The van der Waals surface area contributed by atoms with Gasteiger partial charge < -0.3 is 28.6 Å². The molecule has 3 atom stereocenters. The maximum atomic E-state index is 14.0. The molecule has 1 N–H and O–H groups in total. The largest absolute Gasteiger partial charge is 0.479 e. The number of rotatable bonds is 10. The highest BCUT2D eigenvalue weighted by molar-refractivity contribution is 7.93. The standard InChI is InChI=1S/C24H32FN9O7S/c1-14(2)41-16-7-17(11-33(10-16)23-26-8-15(25)9-27-23)42(35,36)32-24-31-30-20(18-12-39-5-6-40-18)34(24)19-21(37-3)28-13-29-22(19)38-4/h8-9,13-14,16-18H,5-7,10-12H2,1-4H3,(H,31,32)/t16-,17+,18+/m0/s1. The van der Waals surface area contributed by atoms with Crippen molar-refractivity contribution in [3.8, 4) is 17.4 Å². The average molecular weight is 610 g/mol. The van der Waals surface area contributed by atoms with Gasteiger partial charge in [0.05, 0.1) is 58.6 Å². The normalized spacial score (nSPS) is 21.4. The first kappa shape index (κ1) is 29.7. The highest BCUT2D eigenvalue weighted by Crippen LogP contribution is 2.35. The Kier molecular flexibility index (Phi) is 8.95. The quantitative estimate of drug-likeness (QED) is 0.343. The summed E-state index contributed by atoms with van der Waals surface area (Å²) in [5.74, 6) is -0.184. The molecule has 2 fully saturated rings. The average Bonchev–Trinajstić information content (AvgIpc) is 3.39. The Hall–Kier alpha value is -3.74. The molecule has 0 aromatic carbocycles. The Morgan fingerprint density at radius 2 is 1.76 bits per heavy atom. The molecule has 42 heavy (non-hydrogen) atoms. The zero-order valence-electron chi connectivity index (χ0n) is 23.5. The number of hydrogen-bond donors (Lipinski definition) is 1. The fourth-order valence-corrected chi connectivity index (χ4v) is 6.22. The monoisotopic (exact) mass is 609 g/mol. The summed E-state index contributed by atoms with van der Waals surface area (Å²) in [4.78, 5) is 18.0. The van der Waals surface area contributed by atoms with Crippen LogP contribution in [0.3, 0.4) is 0 Å². The van der Waals surface area contributed by atoms with E-state index < -0.39 is 33.3 Å². The van der Waals surface area contributed by atoms with E-state index in [1.54, 1.807) is 4.90 Å². The summed E-state index contributed by atoms with van der Waals surface area (Å²) < 4.78 is 73.7. The highest BCUT2D eigenvalue weighted by Gasteiger charge is 2.39. The van der Waals surface area contributed by atoms with E-state index in [-0.39, 0.29) is 60.8 Å². The van der Waals surface area contributed by atoms with Gasteiger partial charge in [-0.05, 0) is 20.3 Å². The Balaban J connectivity index is 1.53. The fourth-order valence-electron chi connectivity index (χ4n) is 4.83. The van der Waals surface area contributed by atoms with Gasteiger partial charge in [0.15, 0.2) is 17.3 Å². The fraction of sp³-hybridized carbons (Fsp3) is 0.583. The number of sulfonamides is 1. The summed E-state index contributed by atoms with van der Waals surface area (Å²) >= 11 is 0. The molecule has 5 rings (SSSR count). The molecule has 0 amide bonds. The summed E-state index contributed by atoms with van der Waals surface area (Å²) in [5.41, 5.74) is 0.167. The van der Waals surface area contributed by atoms with Crippen molar-refractivity contribution in [1.29, 1.82) is 0 Å². The molecule has 2 aliphatic heterocycles. The van der Waals surface area contributed by atoms with Crippen molar-refractivity contribution in [2.75, 3.05) is 56.8 Å². The number of halogens is 1. The lowest BCUT2D eigenvalue weighted by Crippen LogP contribution is -2.51. The van der Waals surface area contributed by atoms with Crippen LogP contribution in [0.1, 0.15) is 32.2 Å². The van der Waals surface area contributed by atoms with Crippen LogP contribution in [0, 0.1) is 5.82 Å². The van der Waals surface area contributed by atoms with E-state index in [1.807, 2.05) is 13.8 Å². The molecule has 0 unspecified atom stereocenters. The topological polar surface area (TPSA) is 178 Å². The highest BCUT2D eigenvalue weighted by atomic mass is 32.2. The maximum Gasteiger partial charge on any atom is 0.245 e. The van der Waals surface area contributed by atoms with E-state index >= 15 is 0 Å². The van der Waals surface area contributed by atoms with Gasteiger partial charge in [0.25, 0.3) is 0 Å². The molecule has 3 aromatic rings. The van der Waals surface area contributed by atoms with E-state index in [0.29, 0.717) is 19.8 Å². The SMILES string of the molecule is COc1ncnc(OC)c1-n1c(NS(=O)(=O)[C@@H]2C[C@H](OC(C)C)CN(c3ncc(F)cn3)C2)nnc1[C@H]1COCCO1. The van der Waals surface area contributed by atoms with Gasteiger partial charge in [-0.15, -0.1) is 10.2 Å². The Morgan fingerprint density at radius 3 is 2.38 bits per heavy atom. The summed E-state index contributed by atoms with van der Waals surface area (Å²) in [6.07, 6.45) is 2.16. The molecule has 0 saturated carbocycles. The lowest BCUT2D eigenvalue weighted by molar-refractivity contribution is -0.0941. The molecular weight excluding hydrogens is 577 g/mol. The molecule has 0 spiro atoms.